The third-order valence-electron chi connectivity index (χ3n) is 3.33. The van der Waals surface area contributed by atoms with Crippen molar-refractivity contribution < 1.29 is 4.79 Å². The predicted molar refractivity (Wildman–Crippen MR) is 71.8 cm³/mol. The number of hydrogen-bond donors (Lipinski definition) is 1. The van der Waals surface area contributed by atoms with E-state index in [9.17, 15) is 4.79 Å². The molecule has 2 nitrogen and oxygen atoms in total. The second-order valence-electron chi connectivity index (χ2n) is 4.84. The zero-order chi connectivity index (χ0) is 11.8. The Hall–Kier alpha value is -0.180. The molecule has 1 saturated carbocycles. The molecular formula is C13H25NOS. The fourth-order valence-corrected chi connectivity index (χ4v) is 3.10. The molecule has 0 aromatic carbocycles. The summed E-state index contributed by atoms with van der Waals surface area (Å²) < 4.78 is 0. The van der Waals surface area contributed by atoms with Crippen LogP contribution in [0.3, 0.4) is 0 Å². The van der Waals surface area contributed by atoms with E-state index >= 15 is 0 Å². The molecule has 1 aliphatic carbocycles. The van der Waals surface area contributed by atoms with Crippen molar-refractivity contribution in [3.63, 3.8) is 0 Å². The minimum absolute atomic E-state index is 0.236. The Morgan fingerprint density at radius 1 is 1.38 bits per heavy atom. The number of hydrogen-bond acceptors (Lipinski definition) is 2. The number of amides is 1. The first-order valence-electron chi connectivity index (χ1n) is 6.61. The molecule has 1 aliphatic rings. The average Bonchev–Trinajstić information content (AvgIpc) is 2.28. The van der Waals surface area contributed by atoms with Gasteiger partial charge in [-0.05, 0) is 30.9 Å². The van der Waals surface area contributed by atoms with Crippen molar-refractivity contribution >= 4 is 17.7 Å². The van der Waals surface area contributed by atoms with Gasteiger partial charge < -0.3 is 5.32 Å². The second kappa shape index (κ2) is 7.99. The number of rotatable bonds is 6. The molecule has 1 N–H and O–H groups in total. The third-order valence-corrected chi connectivity index (χ3v) is 4.38. The van der Waals surface area contributed by atoms with Crippen molar-refractivity contribution in [2.24, 2.45) is 5.92 Å². The fourth-order valence-electron chi connectivity index (χ4n) is 2.19. The van der Waals surface area contributed by atoms with Crippen LogP contribution in [0.1, 0.15) is 52.4 Å². The maximum Gasteiger partial charge on any atom is 0.230 e. The summed E-state index contributed by atoms with van der Waals surface area (Å²) in [7, 11) is 0. The molecule has 0 bridgehead atoms. The summed E-state index contributed by atoms with van der Waals surface area (Å²) in [5.41, 5.74) is 0. The molecule has 2 unspecified atom stereocenters. The van der Waals surface area contributed by atoms with Crippen molar-refractivity contribution in [3.8, 4) is 0 Å². The van der Waals surface area contributed by atoms with Crippen LogP contribution in [0.5, 0.6) is 0 Å². The van der Waals surface area contributed by atoms with Gasteiger partial charge >= 0.3 is 0 Å². The highest BCUT2D eigenvalue weighted by Gasteiger charge is 2.22. The Morgan fingerprint density at radius 2 is 2.12 bits per heavy atom. The summed E-state index contributed by atoms with van der Waals surface area (Å²) in [5, 5.41) is 3.19. The van der Waals surface area contributed by atoms with E-state index < -0.39 is 0 Å². The SMILES string of the molecule is CCCCSCC(=O)NC1CCCCC1C. The van der Waals surface area contributed by atoms with Crippen LogP contribution in [0.4, 0.5) is 0 Å². The molecule has 0 saturated heterocycles. The highest BCUT2D eigenvalue weighted by Crippen LogP contribution is 2.23. The Morgan fingerprint density at radius 3 is 2.81 bits per heavy atom. The van der Waals surface area contributed by atoms with Gasteiger partial charge in [-0.2, -0.15) is 11.8 Å². The van der Waals surface area contributed by atoms with E-state index in [2.05, 4.69) is 19.2 Å². The highest BCUT2D eigenvalue weighted by atomic mass is 32.2. The summed E-state index contributed by atoms with van der Waals surface area (Å²) in [6.07, 6.45) is 7.49. The zero-order valence-corrected chi connectivity index (χ0v) is 11.4. The quantitative estimate of drug-likeness (QED) is 0.726. The van der Waals surface area contributed by atoms with Gasteiger partial charge in [0, 0.05) is 6.04 Å². The second-order valence-corrected chi connectivity index (χ2v) is 5.95. The van der Waals surface area contributed by atoms with E-state index in [1.807, 2.05) is 0 Å². The Kier molecular flexibility index (Phi) is 6.93. The van der Waals surface area contributed by atoms with E-state index in [1.54, 1.807) is 11.8 Å². The molecule has 0 heterocycles. The molecule has 0 radical (unpaired) electrons. The molecule has 3 heteroatoms. The molecule has 1 amide bonds. The van der Waals surface area contributed by atoms with Gasteiger partial charge in [-0.15, -0.1) is 0 Å². The maximum absolute atomic E-state index is 11.7. The first-order valence-corrected chi connectivity index (χ1v) is 7.76. The van der Waals surface area contributed by atoms with Gasteiger partial charge in [-0.25, -0.2) is 0 Å². The summed E-state index contributed by atoms with van der Waals surface area (Å²) in [5.74, 6) is 2.66. The smallest absolute Gasteiger partial charge is 0.230 e. The maximum atomic E-state index is 11.7. The van der Waals surface area contributed by atoms with Crippen LogP contribution in [0.2, 0.25) is 0 Å². The van der Waals surface area contributed by atoms with Gasteiger partial charge in [-0.3, -0.25) is 4.79 Å². The van der Waals surface area contributed by atoms with E-state index in [0.29, 0.717) is 17.7 Å². The van der Waals surface area contributed by atoms with E-state index in [1.165, 1.54) is 38.5 Å². The predicted octanol–water partition coefficient (Wildman–Crippen LogP) is 3.21. The van der Waals surface area contributed by atoms with Crippen LogP contribution in [0, 0.1) is 5.92 Å². The number of carbonyl (C=O) groups excluding carboxylic acids is 1. The standard InChI is InChI=1S/C13H25NOS/c1-3-4-9-16-10-13(15)14-12-8-6-5-7-11(12)2/h11-12H,3-10H2,1-2H3,(H,14,15). The van der Waals surface area contributed by atoms with Crippen LogP contribution in [0.15, 0.2) is 0 Å². The van der Waals surface area contributed by atoms with Gasteiger partial charge in [0.05, 0.1) is 5.75 Å². The molecule has 16 heavy (non-hydrogen) atoms. The van der Waals surface area contributed by atoms with Crippen molar-refractivity contribution in [3.05, 3.63) is 0 Å². The molecule has 0 spiro atoms. The molecule has 1 rings (SSSR count). The Bertz CT molecular complexity index is 208. The van der Waals surface area contributed by atoms with Gasteiger partial charge in [0.2, 0.25) is 5.91 Å². The van der Waals surface area contributed by atoms with Gasteiger partial charge in [0.25, 0.3) is 0 Å². The van der Waals surface area contributed by atoms with Crippen LogP contribution < -0.4 is 5.32 Å². The first-order chi connectivity index (χ1) is 7.74. The van der Waals surface area contributed by atoms with Crippen LogP contribution >= 0.6 is 11.8 Å². The summed E-state index contributed by atoms with van der Waals surface area (Å²) >= 11 is 1.76. The lowest BCUT2D eigenvalue weighted by Gasteiger charge is -2.29. The third kappa shape index (κ3) is 5.24. The monoisotopic (exact) mass is 243 g/mol. The lowest BCUT2D eigenvalue weighted by molar-refractivity contribution is -0.119. The Labute approximate surface area is 104 Å². The molecule has 0 aromatic rings. The molecular weight excluding hydrogens is 218 g/mol. The van der Waals surface area contributed by atoms with Crippen LogP contribution in [0.25, 0.3) is 0 Å². The number of unbranched alkanes of at least 4 members (excludes halogenated alkanes) is 1. The van der Waals surface area contributed by atoms with Gasteiger partial charge in [-0.1, -0.05) is 33.1 Å². The van der Waals surface area contributed by atoms with Crippen molar-refractivity contribution in [2.75, 3.05) is 11.5 Å². The van der Waals surface area contributed by atoms with E-state index in [-0.39, 0.29) is 5.91 Å². The van der Waals surface area contributed by atoms with Crippen LogP contribution in [-0.4, -0.2) is 23.5 Å². The van der Waals surface area contributed by atoms with Crippen molar-refractivity contribution in [1.82, 2.24) is 5.32 Å². The number of carbonyl (C=O) groups is 1. The molecule has 0 aliphatic heterocycles. The van der Waals surface area contributed by atoms with Crippen LogP contribution in [-0.2, 0) is 4.79 Å². The first kappa shape index (κ1) is 13.9. The lowest BCUT2D eigenvalue weighted by Crippen LogP contribution is -2.41. The fraction of sp³-hybridized carbons (Fsp3) is 0.923. The molecule has 0 aromatic heterocycles. The largest absolute Gasteiger partial charge is 0.352 e. The van der Waals surface area contributed by atoms with Gasteiger partial charge in [0.15, 0.2) is 0 Å². The summed E-state index contributed by atoms with van der Waals surface area (Å²) in [4.78, 5) is 11.7. The molecule has 1 fully saturated rings. The average molecular weight is 243 g/mol. The summed E-state index contributed by atoms with van der Waals surface area (Å²) in [6.45, 7) is 4.44. The topological polar surface area (TPSA) is 29.1 Å². The number of nitrogens with one attached hydrogen (secondary N) is 1. The molecule has 94 valence electrons. The lowest BCUT2D eigenvalue weighted by atomic mass is 9.86. The highest BCUT2D eigenvalue weighted by molar-refractivity contribution is 7.99. The van der Waals surface area contributed by atoms with E-state index in [4.69, 9.17) is 0 Å². The minimum Gasteiger partial charge on any atom is -0.352 e. The van der Waals surface area contributed by atoms with E-state index in [0.717, 1.165) is 5.75 Å². The number of thioether (sulfide) groups is 1. The molecule has 2 atom stereocenters. The summed E-state index contributed by atoms with van der Waals surface area (Å²) in [6, 6.07) is 0.438. The zero-order valence-electron chi connectivity index (χ0n) is 10.6. The van der Waals surface area contributed by atoms with Crippen molar-refractivity contribution in [1.29, 1.82) is 0 Å². The minimum atomic E-state index is 0.236. The Balaban J connectivity index is 2.12. The van der Waals surface area contributed by atoms with Gasteiger partial charge in [0.1, 0.15) is 0 Å². The normalized spacial score (nSPS) is 25.4. The van der Waals surface area contributed by atoms with Crippen molar-refractivity contribution in [2.45, 2.75) is 58.4 Å².